The molecule has 2 N–H and O–H groups in total. The summed E-state index contributed by atoms with van der Waals surface area (Å²) >= 11 is 0. The Morgan fingerprint density at radius 2 is 1.86 bits per heavy atom. The Kier molecular flexibility index (Phi) is 2.82. The van der Waals surface area contributed by atoms with Crippen molar-refractivity contribution >= 4 is 11.6 Å². The Morgan fingerprint density at radius 1 is 1.05 bits per heavy atom. The summed E-state index contributed by atoms with van der Waals surface area (Å²) in [6.07, 6.45) is 1.90. The molecule has 0 saturated heterocycles. The largest absolute Gasteiger partial charge is 0.344 e. The zero-order valence-electron chi connectivity index (χ0n) is 12.1. The lowest BCUT2D eigenvalue weighted by atomic mass is 9.99. The molecule has 22 heavy (non-hydrogen) atoms. The van der Waals surface area contributed by atoms with Crippen molar-refractivity contribution in [1.29, 1.82) is 0 Å². The maximum atomic E-state index is 11.7. The van der Waals surface area contributed by atoms with Crippen molar-refractivity contribution in [2.75, 3.05) is 5.32 Å². The number of nitrogens with zero attached hydrogens (tertiary/aromatic N) is 1. The molecule has 0 aliphatic carbocycles. The molecule has 4 nitrogen and oxygen atoms in total. The molecule has 0 fully saturated rings. The number of aromatic amines is 1. The Labute approximate surface area is 128 Å². The molecule has 108 valence electrons. The number of hydrogen-bond donors (Lipinski definition) is 2. The highest BCUT2D eigenvalue weighted by atomic mass is 16.2. The second-order valence-corrected chi connectivity index (χ2v) is 5.51. The molecule has 0 radical (unpaired) electrons. The first-order valence-electron chi connectivity index (χ1n) is 7.28. The van der Waals surface area contributed by atoms with Crippen LogP contribution >= 0.6 is 0 Å². The van der Waals surface area contributed by atoms with Crippen molar-refractivity contribution in [3.8, 4) is 22.6 Å². The van der Waals surface area contributed by atoms with Crippen LogP contribution in [0.3, 0.4) is 0 Å². The van der Waals surface area contributed by atoms with Crippen molar-refractivity contribution in [3.05, 3.63) is 60.3 Å². The zero-order chi connectivity index (χ0) is 15.1. The number of hydrogen-bond acceptors (Lipinski definition) is 2. The van der Waals surface area contributed by atoms with Gasteiger partial charge < -0.3 is 10.3 Å². The number of carbonyl (C=O) groups is 1. The van der Waals surface area contributed by atoms with Crippen LogP contribution in [0.1, 0.15) is 18.4 Å². The van der Waals surface area contributed by atoms with Crippen LogP contribution < -0.4 is 5.32 Å². The number of H-pyrrole nitrogens is 1. The summed E-state index contributed by atoms with van der Waals surface area (Å²) in [5, 5.41) is 2.89. The third kappa shape index (κ3) is 2.00. The first kappa shape index (κ1) is 12.8. The number of rotatable bonds is 2. The van der Waals surface area contributed by atoms with Crippen LogP contribution in [0.4, 0.5) is 5.69 Å². The van der Waals surface area contributed by atoms with Gasteiger partial charge in [-0.2, -0.15) is 0 Å². The monoisotopic (exact) mass is 289 g/mol. The van der Waals surface area contributed by atoms with Crippen LogP contribution in [-0.4, -0.2) is 15.9 Å². The van der Waals surface area contributed by atoms with E-state index < -0.39 is 0 Å². The maximum Gasteiger partial charge on any atom is 0.231 e. The van der Waals surface area contributed by atoms with Gasteiger partial charge in [-0.3, -0.25) is 4.79 Å². The molecule has 1 atom stereocenters. The van der Waals surface area contributed by atoms with E-state index in [9.17, 15) is 4.79 Å². The molecule has 1 aliphatic heterocycles. The number of imidazole rings is 1. The quantitative estimate of drug-likeness (QED) is 0.754. The minimum Gasteiger partial charge on any atom is -0.344 e. The standard InChI is InChI=1S/C18H15N3O/c1-11-14-9-13(7-8-15(14)21-18(11)22)16-10-19-17(20-16)12-5-3-2-4-6-12/h2-11H,1H3,(H,19,20)(H,21,22). The minimum atomic E-state index is -0.109. The molecule has 2 aromatic carbocycles. The first-order valence-corrected chi connectivity index (χ1v) is 7.28. The molecule has 0 saturated carbocycles. The van der Waals surface area contributed by atoms with Crippen LogP contribution in [0.2, 0.25) is 0 Å². The molecular formula is C18H15N3O. The van der Waals surface area contributed by atoms with Crippen LogP contribution in [0.25, 0.3) is 22.6 Å². The maximum absolute atomic E-state index is 11.7. The van der Waals surface area contributed by atoms with E-state index in [1.807, 2.05) is 61.7 Å². The molecule has 2 heterocycles. The Hall–Kier alpha value is -2.88. The highest BCUT2D eigenvalue weighted by molar-refractivity contribution is 6.03. The summed E-state index contributed by atoms with van der Waals surface area (Å²) in [5.74, 6) is 0.792. The van der Waals surface area contributed by atoms with Crippen molar-refractivity contribution in [3.63, 3.8) is 0 Å². The van der Waals surface area contributed by atoms with E-state index in [-0.39, 0.29) is 11.8 Å². The Balaban J connectivity index is 1.72. The number of benzene rings is 2. The van der Waals surface area contributed by atoms with Gasteiger partial charge in [0.2, 0.25) is 5.91 Å². The van der Waals surface area contributed by atoms with Crippen molar-refractivity contribution in [2.45, 2.75) is 12.8 Å². The van der Waals surface area contributed by atoms with Crippen molar-refractivity contribution < 1.29 is 4.79 Å². The van der Waals surface area contributed by atoms with Crippen LogP contribution in [0, 0.1) is 0 Å². The summed E-state index contributed by atoms with van der Waals surface area (Å²) < 4.78 is 0. The molecule has 3 aromatic rings. The number of anilines is 1. The molecule has 0 bridgehead atoms. The third-order valence-corrected chi connectivity index (χ3v) is 4.09. The minimum absolute atomic E-state index is 0.0548. The fourth-order valence-electron chi connectivity index (χ4n) is 2.79. The summed E-state index contributed by atoms with van der Waals surface area (Å²) in [6, 6.07) is 16.0. The molecule has 1 aliphatic rings. The second kappa shape index (κ2) is 4.84. The molecular weight excluding hydrogens is 274 g/mol. The number of aromatic nitrogens is 2. The van der Waals surface area contributed by atoms with Crippen molar-refractivity contribution in [2.24, 2.45) is 0 Å². The van der Waals surface area contributed by atoms with Gasteiger partial charge >= 0.3 is 0 Å². The lowest BCUT2D eigenvalue weighted by Gasteiger charge is -2.03. The Morgan fingerprint density at radius 3 is 2.68 bits per heavy atom. The summed E-state index contributed by atoms with van der Waals surface area (Å²) in [4.78, 5) is 19.6. The van der Waals surface area contributed by atoms with E-state index in [1.54, 1.807) is 0 Å². The normalized spacial score (nSPS) is 16.4. The van der Waals surface area contributed by atoms with Gasteiger partial charge in [-0.05, 0) is 24.6 Å². The highest BCUT2D eigenvalue weighted by Crippen LogP contribution is 2.35. The first-order chi connectivity index (χ1) is 10.7. The van der Waals surface area contributed by atoms with Gasteiger partial charge in [-0.1, -0.05) is 36.4 Å². The smallest absolute Gasteiger partial charge is 0.231 e. The predicted octanol–water partition coefficient (Wildman–Crippen LogP) is 3.80. The molecule has 1 unspecified atom stereocenters. The molecule has 1 aromatic heterocycles. The van der Waals surface area contributed by atoms with E-state index in [2.05, 4.69) is 15.3 Å². The van der Waals surface area contributed by atoms with Gasteiger partial charge in [0.1, 0.15) is 5.82 Å². The fourth-order valence-corrected chi connectivity index (χ4v) is 2.79. The van der Waals surface area contributed by atoms with E-state index >= 15 is 0 Å². The SMILES string of the molecule is CC1C(=O)Nc2ccc(-c3c[nH]c(-c4ccccc4)n3)cc21. The third-order valence-electron chi connectivity index (χ3n) is 4.09. The van der Waals surface area contributed by atoms with Crippen molar-refractivity contribution in [1.82, 2.24) is 9.97 Å². The van der Waals surface area contributed by atoms with Gasteiger partial charge in [0.25, 0.3) is 0 Å². The summed E-state index contributed by atoms with van der Waals surface area (Å²) in [5.41, 5.74) is 4.89. The van der Waals surface area contributed by atoms with Gasteiger partial charge in [-0.15, -0.1) is 0 Å². The number of nitrogens with one attached hydrogen (secondary N) is 2. The predicted molar refractivity (Wildman–Crippen MR) is 86.5 cm³/mol. The average molecular weight is 289 g/mol. The van der Waals surface area contributed by atoms with Gasteiger partial charge in [0.05, 0.1) is 11.6 Å². The van der Waals surface area contributed by atoms with E-state index in [4.69, 9.17) is 0 Å². The van der Waals surface area contributed by atoms with Crippen LogP contribution in [0.15, 0.2) is 54.7 Å². The molecule has 4 rings (SSSR count). The van der Waals surface area contributed by atoms with Gasteiger partial charge in [0, 0.05) is 23.0 Å². The number of amides is 1. The number of carbonyl (C=O) groups excluding carboxylic acids is 1. The second-order valence-electron chi connectivity index (χ2n) is 5.51. The lowest BCUT2D eigenvalue weighted by molar-refractivity contribution is -0.116. The molecule has 1 amide bonds. The zero-order valence-corrected chi connectivity index (χ0v) is 12.1. The summed E-state index contributed by atoms with van der Waals surface area (Å²) in [7, 11) is 0. The van der Waals surface area contributed by atoms with Crippen LogP contribution in [-0.2, 0) is 4.79 Å². The fraction of sp³-hybridized carbons (Fsp3) is 0.111. The highest BCUT2D eigenvalue weighted by Gasteiger charge is 2.26. The van der Waals surface area contributed by atoms with E-state index in [0.29, 0.717) is 0 Å². The number of fused-ring (bicyclic) bond motifs is 1. The molecule has 4 heteroatoms. The lowest BCUT2D eigenvalue weighted by Crippen LogP contribution is -2.08. The topological polar surface area (TPSA) is 57.8 Å². The van der Waals surface area contributed by atoms with E-state index in [0.717, 1.165) is 33.9 Å². The van der Waals surface area contributed by atoms with E-state index in [1.165, 1.54) is 0 Å². The summed E-state index contributed by atoms with van der Waals surface area (Å²) in [6.45, 7) is 1.92. The Bertz CT molecular complexity index is 852. The van der Waals surface area contributed by atoms with Gasteiger partial charge in [0.15, 0.2) is 0 Å². The van der Waals surface area contributed by atoms with Gasteiger partial charge in [-0.25, -0.2) is 4.98 Å². The average Bonchev–Trinajstić information content (AvgIpc) is 3.14. The van der Waals surface area contributed by atoms with Crippen LogP contribution in [0.5, 0.6) is 0 Å². The molecule has 0 spiro atoms.